The van der Waals surface area contributed by atoms with Gasteiger partial charge in [0.1, 0.15) is 11.9 Å². The SMILES string of the molecule is Cc1ncccc1OC(=O)N1[C@H](C)CN(c2ccnc([C@@H](C)O)n2)C[C@@H]1C. The third-order valence-electron chi connectivity index (χ3n) is 4.64. The van der Waals surface area contributed by atoms with Crippen LogP contribution in [0.4, 0.5) is 10.6 Å². The number of rotatable bonds is 3. The molecule has 3 rings (SSSR count). The van der Waals surface area contributed by atoms with Crippen molar-refractivity contribution in [3.05, 3.63) is 42.1 Å². The van der Waals surface area contributed by atoms with E-state index >= 15 is 0 Å². The number of aryl methyl sites for hydroxylation is 1. The largest absolute Gasteiger partial charge is 0.415 e. The Labute approximate surface area is 158 Å². The molecule has 8 nitrogen and oxygen atoms in total. The van der Waals surface area contributed by atoms with Crippen LogP contribution in [0, 0.1) is 6.92 Å². The topological polar surface area (TPSA) is 91.7 Å². The lowest BCUT2D eigenvalue weighted by Crippen LogP contribution is -2.59. The molecule has 1 amide bonds. The van der Waals surface area contributed by atoms with E-state index in [9.17, 15) is 9.90 Å². The predicted octanol–water partition coefficient (Wildman–Crippen LogP) is 2.33. The van der Waals surface area contributed by atoms with Crippen molar-refractivity contribution in [2.75, 3.05) is 18.0 Å². The molecule has 0 aromatic carbocycles. The summed E-state index contributed by atoms with van der Waals surface area (Å²) in [6.45, 7) is 8.64. The standard InChI is InChI=1S/C19H25N5O3/c1-12-10-23(17-7-9-21-18(22-17)15(4)25)11-13(2)24(12)19(26)27-16-6-5-8-20-14(16)3/h5-9,12-13,15,25H,10-11H2,1-4H3/t12-,13+,15-/m1/s1. The van der Waals surface area contributed by atoms with Crippen LogP contribution in [-0.2, 0) is 0 Å². The molecule has 0 aliphatic carbocycles. The molecule has 0 saturated carbocycles. The molecule has 144 valence electrons. The van der Waals surface area contributed by atoms with Gasteiger partial charge in [0.05, 0.1) is 17.8 Å². The first-order valence-electron chi connectivity index (χ1n) is 9.04. The molecule has 1 saturated heterocycles. The lowest BCUT2D eigenvalue weighted by Gasteiger charge is -2.44. The highest BCUT2D eigenvalue weighted by atomic mass is 16.6. The number of pyridine rings is 1. The van der Waals surface area contributed by atoms with E-state index in [1.54, 1.807) is 36.4 Å². The summed E-state index contributed by atoms with van der Waals surface area (Å²) in [5, 5.41) is 9.71. The molecule has 2 aromatic heterocycles. The second-order valence-electron chi connectivity index (χ2n) is 6.91. The minimum Gasteiger partial charge on any atom is -0.408 e. The molecule has 3 heterocycles. The van der Waals surface area contributed by atoms with Gasteiger partial charge in [-0.1, -0.05) is 0 Å². The first kappa shape index (κ1) is 19.0. The second kappa shape index (κ2) is 7.87. The van der Waals surface area contributed by atoms with Gasteiger partial charge in [-0.2, -0.15) is 0 Å². The number of hydrogen-bond acceptors (Lipinski definition) is 7. The number of aliphatic hydroxyl groups excluding tert-OH is 1. The number of aliphatic hydroxyl groups is 1. The zero-order valence-electron chi connectivity index (χ0n) is 16.0. The minimum atomic E-state index is -0.723. The maximum atomic E-state index is 12.7. The summed E-state index contributed by atoms with van der Waals surface area (Å²) >= 11 is 0. The first-order valence-corrected chi connectivity index (χ1v) is 9.04. The molecular formula is C19H25N5O3. The lowest BCUT2D eigenvalue weighted by atomic mass is 10.1. The van der Waals surface area contributed by atoms with E-state index in [1.807, 2.05) is 26.8 Å². The fraction of sp³-hybridized carbons (Fsp3) is 0.474. The molecule has 0 unspecified atom stereocenters. The van der Waals surface area contributed by atoms with Crippen LogP contribution in [-0.4, -0.2) is 56.2 Å². The second-order valence-corrected chi connectivity index (χ2v) is 6.91. The van der Waals surface area contributed by atoms with Crippen LogP contribution in [0.1, 0.15) is 38.4 Å². The molecule has 0 bridgehead atoms. The fourth-order valence-electron chi connectivity index (χ4n) is 3.34. The van der Waals surface area contributed by atoms with Crippen molar-refractivity contribution < 1.29 is 14.6 Å². The van der Waals surface area contributed by atoms with Crippen LogP contribution in [0.15, 0.2) is 30.6 Å². The third kappa shape index (κ3) is 4.16. The van der Waals surface area contributed by atoms with Gasteiger partial charge < -0.3 is 14.7 Å². The van der Waals surface area contributed by atoms with Crippen LogP contribution in [0.2, 0.25) is 0 Å². The Morgan fingerprint density at radius 3 is 2.56 bits per heavy atom. The maximum Gasteiger partial charge on any atom is 0.415 e. The van der Waals surface area contributed by atoms with E-state index in [0.29, 0.717) is 30.4 Å². The van der Waals surface area contributed by atoms with Crippen LogP contribution in [0.25, 0.3) is 0 Å². The summed E-state index contributed by atoms with van der Waals surface area (Å²) in [5.74, 6) is 1.61. The summed E-state index contributed by atoms with van der Waals surface area (Å²) < 4.78 is 5.56. The Morgan fingerprint density at radius 1 is 1.22 bits per heavy atom. The number of piperazine rings is 1. The molecule has 1 aliphatic heterocycles. The molecule has 8 heteroatoms. The average Bonchev–Trinajstić information content (AvgIpc) is 2.63. The molecule has 1 N–H and O–H groups in total. The monoisotopic (exact) mass is 371 g/mol. The average molecular weight is 371 g/mol. The highest BCUT2D eigenvalue weighted by molar-refractivity contribution is 5.72. The van der Waals surface area contributed by atoms with Gasteiger partial charge in [0.2, 0.25) is 0 Å². The number of hydrogen-bond donors (Lipinski definition) is 1. The van der Waals surface area contributed by atoms with Crippen molar-refractivity contribution in [3.8, 4) is 5.75 Å². The Morgan fingerprint density at radius 2 is 1.93 bits per heavy atom. The Hall–Kier alpha value is -2.74. The zero-order chi connectivity index (χ0) is 19.6. The molecule has 0 spiro atoms. The van der Waals surface area contributed by atoms with Gasteiger partial charge in [-0.3, -0.25) is 9.88 Å². The van der Waals surface area contributed by atoms with Crippen LogP contribution < -0.4 is 9.64 Å². The van der Waals surface area contributed by atoms with Gasteiger partial charge in [0.25, 0.3) is 0 Å². The number of anilines is 1. The number of nitrogens with zero attached hydrogens (tertiary/aromatic N) is 5. The van der Waals surface area contributed by atoms with E-state index in [-0.39, 0.29) is 18.2 Å². The maximum absolute atomic E-state index is 12.7. The molecule has 0 radical (unpaired) electrons. The summed E-state index contributed by atoms with van der Waals surface area (Å²) in [6.07, 6.45) is 2.21. The van der Waals surface area contributed by atoms with E-state index < -0.39 is 6.10 Å². The number of carbonyl (C=O) groups is 1. The molecule has 1 aliphatic rings. The van der Waals surface area contributed by atoms with E-state index in [0.717, 1.165) is 5.82 Å². The molecule has 3 atom stereocenters. The molecule has 2 aromatic rings. The van der Waals surface area contributed by atoms with Gasteiger partial charge in [-0.25, -0.2) is 14.8 Å². The number of ether oxygens (including phenoxy) is 1. The number of aromatic nitrogens is 3. The quantitative estimate of drug-likeness (QED) is 0.885. The number of carbonyl (C=O) groups excluding carboxylic acids is 1. The highest BCUT2D eigenvalue weighted by Gasteiger charge is 2.35. The van der Waals surface area contributed by atoms with Gasteiger partial charge in [-0.15, -0.1) is 0 Å². The van der Waals surface area contributed by atoms with E-state index in [2.05, 4.69) is 19.9 Å². The van der Waals surface area contributed by atoms with Crippen molar-refractivity contribution in [1.29, 1.82) is 0 Å². The predicted molar refractivity (Wildman–Crippen MR) is 101 cm³/mol. The van der Waals surface area contributed by atoms with Gasteiger partial charge in [-0.05, 0) is 45.9 Å². The van der Waals surface area contributed by atoms with Gasteiger partial charge >= 0.3 is 6.09 Å². The summed E-state index contributed by atoms with van der Waals surface area (Å²) in [4.78, 5) is 29.3. The Kier molecular flexibility index (Phi) is 5.55. The summed E-state index contributed by atoms with van der Waals surface area (Å²) in [5.41, 5.74) is 0.677. The number of amides is 1. The minimum absolute atomic E-state index is 0.0665. The Balaban J connectivity index is 1.72. The molecular weight excluding hydrogens is 346 g/mol. The normalized spacial score (nSPS) is 21.1. The third-order valence-corrected chi connectivity index (χ3v) is 4.64. The lowest BCUT2D eigenvalue weighted by molar-refractivity contribution is 0.104. The van der Waals surface area contributed by atoms with Crippen molar-refractivity contribution in [2.24, 2.45) is 0 Å². The van der Waals surface area contributed by atoms with E-state index in [4.69, 9.17) is 4.74 Å². The van der Waals surface area contributed by atoms with Crippen LogP contribution in [0.5, 0.6) is 5.75 Å². The van der Waals surface area contributed by atoms with Gasteiger partial charge in [0, 0.05) is 25.5 Å². The van der Waals surface area contributed by atoms with E-state index in [1.165, 1.54) is 0 Å². The molecule has 27 heavy (non-hydrogen) atoms. The van der Waals surface area contributed by atoms with Crippen LogP contribution in [0.3, 0.4) is 0 Å². The first-order chi connectivity index (χ1) is 12.9. The van der Waals surface area contributed by atoms with Crippen molar-refractivity contribution in [1.82, 2.24) is 19.9 Å². The van der Waals surface area contributed by atoms with Crippen molar-refractivity contribution in [2.45, 2.75) is 45.9 Å². The van der Waals surface area contributed by atoms with Crippen LogP contribution >= 0.6 is 0 Å². The van der Waals surface area contributed by atoms with Gasteiger partial charge in [0.15, 0.2) is 11.6 Å². The van der Waals surface area contributed by atoms with Crippen molar-refractivity contribution >= 4 is 11.9 Å². The zero-order valence-corrected chi connectivity index (χ0v) is 16.0. The van der Waals surface area contributed by atoms with Crippen molar-refractivity contribution in [3.63, 3.8) is 0 Å². The fourth-order valence-corrected chi connectivity index (χ4v) is 3.34. The highest BCUT2D eigenvalue weighted by Crippen LogP contribution is 2.24. The summed E-state index contributed by atoms with van der Waals surface area (Å²) in [6, 6.07) is 5.17. The Bertz CT molecular complexity index is 801. The summed E-state index contributed by atoms with van der Waals surface area (Å²) in [7, 11) is 0. The smallest absolute Gasteiger partial charge is 0.408 e. The molecule has 1 fully saturated rings.